The molecular weight excluding hydrogens is 169 g/mol. The summed E-state index contributed by atoms with van der Waals surface area (Å²) in [5, 5.41) is 3.20. The van der Waals surface area contributed by atoms with Crippen LogP contribution >= 0.6 is 0 Å². The third kappa shape index (κ3) is 2.02. The zero-order chi connectivity index (χ0) is 9.10. The average Bonchev–Trinajstić information content (AvgIpc) is 2.61. The number of hydrogen-bond acceptors (Lipinski definition) is 3. The topological polar surface area (TPSA) is 28.2 Å². The van der Waals surface area contributed by atoms with E-state index < -0.39 is 0 Å². The molecule has 4 heteroatoms. The van der Waals surface area contributed by atoms with Gasteiger partial charge in [-0.25, -0.2) is 4.39 Å². The first-order valence-electron chi connectivity index (χ1n) is 4.38. The highest BCUT2D eigenvalue weighted by molar-refractivity contribution is 5.12. The van der Waals surface area contributed by atoms with Gasteiger partial charge in [-0.05, 0) is 6.07 Å². The monoisotopic (exact) mass is 181 g/mol. The Balaban J connectivity index is 2.04. The van der Waals surface area contributed by atoms with Crippen LogP contribution in [0.25, 0.3) is 0 Å². The maximum Gasteiger partial charge on any atom is 0.145 e. The van der Waals surface area contributed by atoms with Gasteiger partial charge in [0.15, 0.2) is 0 Å². The Kier molecular flexibility index (Phi) is 2.52. The van der Waals surface area contributed by atoms with Crippen LogP contribution < -0.4 is 5.32 Å². The molecule has 2 rings (SSSR count). The zero-order valence-electron chi connectivity index (χ0n) is 7.33. The van der Waals surface area contributed by atoms with Crippen molar-refractivity contribution in [3.8, 4) is 0 Å². The van der Waals surface area contributed by atoms with Crippen molar-refractivity contribution in [1.82, 2.24) is 15.2 Å². The first kappa shape index (κ1) is 8.59. The lowest BCUT2D eigenvalue weighted by Gasteiger charge is -2.13. The largest absolute Gasteiger partial charge is 0.303 e. The summed E-state index contributed by atoms with van der Waals surface area (Å²) in [6, 6.07) is 1.73. The second kappa shape index (κ2) is 3.81. The predicted molar refractivity (Wildman–Crippen MR) is 47.5 cm³/mol. The Morgan fingerprint density at radius 1 is 1.62 bits per heavy atom. The number of nitrogens with one attached hydrogen (secondary N) is 1. The van der Waals surface area contributed by atoms with Crippen LogP contribution in [-0.4, -0.2) is 29.6 Å². The van der Waals surface area contributed by atoms with Gasteiger partial charge in [-0.2, -0.15) is 0 Å². The molecule has 1 aromatic heterocycles. The Morgan fingerprint density at radius 3 is 3.23 bits per heavy atom. The van der Waals surface area contributed by atoms with Crippen LogP contribution in [0.4, 0.5) is 4.39 Å². The maximum atomic E-state index is 13.1. The third-order valence-corrected chi connectivity index (χ3v) is 2.19. The molecule has 0 spiro atoms. The fraction of sp³-hybridized carbons (Fsp3) is 0.444. The molecule has 1 aliphatic rings. The fourth-order valence-corrected chi connectivity index (χ4v) is 1.46. The van der Waals surface area contributed by atoms with Crippen molar-refractivity contribution >= 4 is 0 Å². The molecule has 0 atom stereocenters. The summed E-state index contributed by atoms with van der Waals surface area (Å²) in [5.74, 6) is -0.214. The van der Waals surface area contributed by atoms with Crippen LogP contribution in [0, 0.1) is 5.82 Å². The molecule has 0 unspecified atom stereocenters. The molecular formula is C9H12FN3. The van der Waals surface area contributed by atoms with E-state index in [1.54, 1.807) is 12.3 Å². The molecule has 70 valence electrons. The fourth-order valence-electron chi connectivity index (χ4n) is 1.46. The quantitative estimate of drug-likeness (QED) is 0.723. The van der Waals surface area contributed by atoms with E-state index in [4.69, 9.17) is 0 Å². The van der Waals surface area contributed by atoms with Gasteiger partial charge in [0.2, 0.25) is 0 Å². The first-order valence-corrected chi connectivity index (χ1v) is 4.38. The molecule has 2 heterocycles. The van der Waals surface area contributed by atoms with Gasteiger partial charge in [0.25, 0.3) is 0 Å². The summed E-state index contributed by atoms with van der Waals surface area (Å²) >= 11 is 0. The molecule has 1 fully saturated rings. The number of halogens is 1. The van der Waals surface area contributed by atoms with Gasteiger partial charge in [0.1, 0.15) is 5.82 Å². The zero-order valence-corrected chi connectivity index (χ0v) is 7.33. The summed E-state index contributed by atoms with van der Waals surface area (Å²) in [4.78, 5) is 5.88. The van der Waals surface area contributed by atoms with E-state index in [-0.39, 0.29) is 5.82 Å². The molecule has 1 saturated heterocycles. The summed E-state index contributed by atoms with van der Waals surface area (Å²) in [6.07, 6.45) is 2.89. The molecule has 0 aliphatic carbocycles. The minimum atomic E-state index is -0.214. The average molecular weight is 181 g/mol. The van der Waals surface area contributed by atoms with Crippen molar-refractivity contribution in [1.29, 1.82) is 0 Å². The molecule has 1 aromatic rings. The molecule has 0 saturated carbocycles. The van der Waals surface area contributed by atoms with Gasteiger partial charge in [-0.3, -0.25) is 9.88 Å². The maximum absolute atomic E-state index is 13.1. The van der Waals surface area contributed by atoms with E-state index in [1.807, 2.05) is 0 Å². The van der Waals surface area contributed by atoms with Crippen LogP contribution in [-0.2, 0) is 6.54 Å². The van der Waals surface area contributed by atoms with Crippen molar-refractivity contribution in [2.24, 2.45) is 0 Å². The normalized spacial score (nSPS) is 17.9. The van der Waals surface area contributed by atoms with E-state index in [0.717, 1.165) is 25.3 Å². The van der Waals surface area contributed by atoms with Gasteiger partial charge >= 0.3 is 0 Å². The SMILES string of the molecule is Fc1cnccc1CN1CCNC1. The van der Waals surface area contributed by atoms with Crippen molar-refractivity contribution in [3.63, 3.8) is 0 Å². The Labute approximate surface area is 76.6 Å². The highest BCUT2D eigenvalue weighted by Gasteiger charge is 2.12. The smallest absolute Gasteiger partial charge is 0.145 e. The molecule has 0 amide bonds. The lowest BCUT2D eigenvalue weighted by atomic mass is 10.2. The van der Waals surface area contributed by atoms with Gasteiger partial charge in [0.05, 0.1) is 6.20 Å². The summed E-state index contributed by atoms with van der Waals surface area (Å²) in [5.41, 5.74) is 0.721. The standard InChI is InChI=1S/C9H12FN3/c10-9-5-11-2-1-8(9)6-13-4-3-12-7-13/h1-2,5,12H,3-4,6-7H2. The van der Waals surface area contributed by atoms with Crippen molar-refractivity contribution in [2.45, 2.75) is 6.54 Å². The van der Waals surface area contributed by atoms with E-state index in [0.29, 0.717) is 6.54 Å². The van der Waals surface area contributed by atoms with Gasteiger partial charge in [-0.1, -0.05) is 0 Å². The second-order valence-electron chi connectivity index (χ2n) is 3.18. The van der Waals surface area contributed by atoms with Gasteiger partial charge < -0.3 is 5.32 Å². The Hall–Kier alpha value is -1.00. The highest BCUT2D eigenvalue weighted by Crippen LogP contribution is 2.08. The summed E-state index contributed by atoms with van der Waals surface area (Å²) in [7, 11) is 0. The Morgan fingerprint density at radius 2 is 2.54 bits per heavy atom. The lowest BCUT2D eigenvalue weighted by molar-refractivity contribution is 0.321. The number of nitrogens with zero attached hydrogens (tertiary/aromatic N) is 2. The van der Waals surface area contributed by atoms with Gasteiger partial charge in [0, 0.05) is 38.1 Å². The highest BCUT2D eigenvalue weighted by atomic mass is 19.1. The minimum Gasteiger partial charge on any atom is -0.303 e. The van der Waals surface area contributed by atoms with E-state index >= 15 is 0 Å². The molecule has 0 radical (unpaired) electrons. The van der Waals surface area contributed by atoms with Crippen molar-refractivity contribution in [3.05, 3.63) is 29.8 Å². The number of pyridine rings is 1. The summed E-state index contributed by atoms with van der Waals surface area (Å²) < 4.78 is 13.1. The van der Waals surface area contributed by atoms with Crippen molar-refractivity contribution in [2.75, 3.05) is 19.8 Å². The molecule has 3 nitrogen and oxygen atoms in total. The third-order valence-electron chi connectivity index (χ3n) is 2.19. The molecule has 1 N–H and O–H groups in total. The van der Waals surface area contributed by atoms with E-state index in [9.17, 15) is 4.39 Å². The number of hydrogen-bond donors (Lipinski definition) is 1. The summed E-state index contributed by atoms with van der Waals surface area (Å²) in [6.45, 7) is 3.50. The van der Waals surface area contributed by atoms with Crippen LogP contribution in [0.2, 0.25) is 0 Å². The van der Waals surface area contributed by atoms with Crippen LogP contribution in [0.5, 0.6) is 0 Å². The van der Waals surface area contributed by atoms with Crippen molar-refractivity contribution < 1.29 is 4.39 Å². The molecule has 1 aliphatic heterocycles. The second-order valence-corrected chi connectivity index (χ2v) is 3.18. The minimum absolute atomic E-state index is 0.214. The molecule has 13 heavy (non-hydrogen) atoms. The molecule has 0 bridgehead atoms. The number of aromatic nitrogens is 1. The molecule has 0 aromatic carbocycles. The predicted octanol–water partition coefficient (Wildman–Crippen LogP) is 0.583. The van der Waals surface area contributed by atoms with Gasteiger partial charge in [-0.15, -0.1) is 0 Å². The van der Waals surface area contributed by atoms with Crippen LogP contribution in [0.15, 0.2) is 18.5 Å². The van der Waals surface area contributed by atoms with Crippen LogP contribution in [0.3, 0.4) is 0 Å². The Bertz CT molecular complexity index is 284. The first-order chi connectivity index (χ1) is 6.36. The number of rotatable bonds is 2. The van der Waals surface area contributed by atoms with E-state index in [2.05, 4.69) is 15.2 Å². The van der Waals surface area contributed by atoms with E-state index in [1.165, 1.54) is 6.20 Å². The lowest BCUT2D eigenvalue weighted by Crippen LogP contribution is -2.21. The van der Waals surface area contributed by atoms with Crippen LogP contribution in [0.1, 0.15) is 5.56 Å².